The minimum absolute atomic E-state index is 0.0535. The molecule has 1 saturated carbocycles. The molecule has 2 N–H and O–H groups in total. The fourth-order valence-electron chi connectivity index (χ4n) is 1.68. The number of halogens is 2. The number of hydrogen-bond donors (Lipinski definition) is 2. The molecule has 1 aliphatic heterocycles. The van der Waals surface area contributed by atoms with Gasteiger partial charge in [0.1, 0.15) is 17.2 Å². The fourth-order valence-corrected chi connectivity index (χ4v) is 2.18. The van der Waals surface area contributed by atoms with Crippen molar-refractivity contribution >= 4 is 34.8 Å². The van der Waals surface area contributed by atoms with Crippen molar-refractivity contribution in [3.63, 3.8) is 0 Å². The Balaban J connectivity index is 1.90. The molecule has 2 aliphatic rings. The van der Waals surface area contributed by atoms with Gasteiger partial charge in [-0.1, -0.05) is 5.16 Å². The van der Waals surface area contributed by atoms with Gasteiger partial charge in [-0.15, -0.1) is 23.2 Å². The summed E-state index contributed by atoms with van der Waals surface area (Å²) < 4.78 is -0.713. The second-order valence-corrected chi connectivity index (χ2v) is 6.13. The molecule has 6 nitrogen and oxygen atoms in total. The van der Waals surface area contributed by atoms with Crippen molar-refractivity contribution in [3.05, 3.63) is 0 Å². The van der Waals surface area contributed by atoms with E-state index in [1.54, 1.807) is 6.92 Å². The van der Waals surface area contributed by atoms with Gasteiger partial charge < -0.3 is 9.94 Å². The molecule has 2 fully saturated rings. The first kappa shape index (κ1) is 13.9. The van der Waals surface area contributed by atoms with Crippen molar-refractivity contribution < 1.29 is 14.7 Å². The van der Waals surface area contributed by atoms with Crippen LogP contribution in [-0.2, 0) is 9.63 Å². The van der Waals surface area contributed by atoms with Crippen LogP contribution in [0, 0.1) is 5.92 Å². The van der Waals surface area contributed by atoms with Gasteiger partial charge in [-0.3, -0.25) is 4.79 Å². The number of amides is 1. The Morgan fingerprint density at radius 1 is 1.72 bits per heavy atom. The van der Waals surface area contributed by atoms with E-state index in [1.807, 2.05) is 0 Å². The zero-order chi connectivity index (χ0) is 13.5. The number of carbonyl (C=O) groups excluding carboxylic acids is 1. The maximum Gasteiger partial charge on any atom is 0.289 e. The lowest BCUT2D eigenvalue weighted by atomic mass is 10.2. The second kappa shape index (κ2) is 4.85. The highest BCUT2D eigenvalue weighted by Gasteiger charge is 2.52. The largest absolute Gasteiger partial charge is 0.395 e. The molecule has 1 heterocycles. The number of nitrogens with one attached hydrogen (secondary N) is 1. The third-order valence-corrected chi connectivity index (χ3v) is 3.87. The topological polar surface area (TPSA) is 74.2 Å². The molecule has 2 rings (SSSR count). The van der Waals surface area contributed by atoms with Crippen LogP contribution in [0.2, 0.25) is 0 Å². The highest BCUT2D eigenvalue weighted by Crippen LogP contribution is 2.53. The predicted molar refractivity (Wildman–Crippen MR) is 67.1 cm³/mol. The van der Waals surface area contributed by atoms with Gasteiger partial charge in [0.05, 0.1) is 6.04 Å². The van der Waals surface area contributed by atoms with Crippen LogP contribution in [0.15, 0.2) is 5.16 Å². The molecule has 3 atom stereocenters. The lowest BCUT2D eigenvalue weighted by Crippen LogP contribution is -2.43. The number of rotatable bonds is 4. The van der Waals surface area contributed by atoms with Crippen molar-refractivity contribution in [2.45, 2.75) is 36.9 Å². The van der Waals surface area contributed by atoms with Crippen LogP contribution in [0.3, 0.4) is 0 Å². The first-order valence-corrected chi connectivity index (χ1v) is 6.44. The van der Waals surface area contributed by atoms with Crippen molar-refractivity contribution in [1.29, 1.82) is 0 Å². The van der Waals surface area contributed by atoms with Gasteiger partial charge in [0.2, 0.25) is 0 Å². The van der Waals surface area contributed by atoms with Crippen LogP contribution >= 0.6 is 23.2 Å². The third kappa shape index (κ3) is 2.71. The molecule has 1 aliphatic carbocycles. The van der Waals surface area contributed by atoms with E-state index in [-0.39, 0.29) is 24.3 Å². The molecule has 1 saturated heterocycles. The van der Waals surface area contributed by atoms with E-state index in [0.717, 1.165) is 5.01 Å². The summed E-state index contributed by atoms with van der Waals surface area (Å²) in [6.45, 7) is 3.53. The zero-order valence-corrected chi connectivity index (χ0v) is 11.6. The fraction of sp³-hybridized carbons (Fsp3) is 0.800. The lowest BCUT2D eigenvalue weighted by Gasteiger charge is -2.18. The van der Waals surface area contributed by atoms with Crippen molar-refractivity contribution in [2.75, 3.05) is 6.61 Å². The second-order valence-electron chi connectivity index (χ2n) is 4.59. The smallest absolute Gasteiger partial charge is 0.289 e. The number of hydrogen-bond acceptors (Lipinski definition) is 5. The summed E-state index contributed by atoms with van der Waals surface area (Å²) in [6, 6.07) is -0.303. The van der Waals surface area contributed by atoms with Crippen LogP contribution in [0.1, 0.15) is 20.3 Å². The normalized spacial score (nSPS) is 33.9. The summed E-state index contributed by atoms with van der Waals surface area (Å²) >= 11 is 11.7. The Morgan fingerprint density at radius 2 is 2.33 bits per heavy atom. The quantitative estimate of drug-likeness (QED) is 0.589. The molecule has 0 aromatic carbocycles. The molecule has 102 valence electrons. The molecule has 0 bridgehead atoms. The first-order chi connectivity index (χ1) is 8.33. The molecular weight excluding hydrogens is 281 g/mol. The lowest BCUT2D eigenvalue weighted by molar-refractivity contribution is -0.135. The van der Waals surface area contributed by atoms with E-state index in [1.165, 1.54) is 6.92 Å². The molecule has 8 heteroatoms. The number of alkyl halides is 2. The Labute approximate surface area is 115 Å². The molecule has 0 radical (unpaired) electrons. The van der Waals surface area contributed by atoms with Crippen LogP contribution in [0.4, 0.5) is 0 Å². The van der Waals surface area contributed by atoms with Crippen LogP contribution in [0.5, 0.6) is 0 Å². The van der Waals surface area contributed by atoms with Crippen molar-refractivity contribution in [1.82, 2.24) is 10.4 Å². The van der Waals surface area contributed by atoms with Gasteiger partial charge in [-0.05, 0) is 20.3 Å². The van der Waals surface area contributed by atoms with Gasteiger partial charge in [-0.25, -0.2) is 10.4 Å². The number of carbonyl (C=O) groups is 1. The van der Waals surface area contributed by atoms with Crippen LogP contribution in [-0.4, -0.2) is 44.9 Å². The highest BCUT2D eigenvalue weighted by molar-refractivity contribution is 6.50. The van der Waals surface area contributed by atoms with Crippen LogP contribution in [0.25, 0.3) is 0 Å². The Bertz CT molecular complexity index is 387. The average Bonchev–Trinajstić information content (AvgIpc) is 2.76. The molecular formula is C10H15Cl2N3O3. The Morgan fingerprint density at radius 3 is 2.78 bits per heavy atom. The number of aliphatic hydroxyl groups excluding tert-OH is 1. The number of nitrogens with zero attached hydrogens (tertiary/aromatic N) is 2. The highest BCUT2D eigenvalue weighted by atomic mass is 35.5. The van der Waals surface area contributed by atoms with E-state index in [2.05, 4.69) is 10.6 Å². The average molecular weight is 296 g/mol. The molecule has 18 heavy (non-hydrogen) atoms. The maximum absolute atomic E-state index is 11.8. The van der Waals surface area contributed by atoms with E-state index in [9.17, 15) is 9.90 Å². The maximum atomic E-state index is 11.8. The standard InChI is InChI=1S/C10H15Cl2N3O3/c1-5-8(9(17)15(13-5)6(2)16)14-18-4-7-3-10(7,11)12/h5-7,13,16H,3-4H2,1-2H3. The monoisotopic (exact) mass is 295 g/mol. The van der Waals surface area contributed by atoms with Crippen molar-refractivity contribution in [3.8, 4) is 0 Å². The van der Waals surface area contributed by atoms with E-state index >= 15 is 0 Å². The molecule has 0 aromatic rings. The predicted octanol–water partition coefficient (Wildman–Crippen LogP) is 0.626. The van der Waals surface area contributed by atoms with Gasteiger partial charge in [0, 0.05) is 5.92 Å². The summed E-state index contributed by atoms with van der Waals surface area (Å²) in [4.78, 5) is 16.9. The minimum atomic E-state index is -0.922. The summed E-state index contributed by atoms with van der Waals surface area (Å²) in [5.41, 5.74) is 3.02. The van der Waals surface area contributed by atoms with Gasteiger partial charge in [0.15, 0.2) is 5.71 Å². The number of hydrazine groups is 1. The molecule has 0 aromatic heterocycles. The summed E-state index contributed by atoms with van der Waals surface area (Å²) in [6.07, 6.45) is -0.253. The Hall–Kier alpha value is -0.560. The van der Waals surface area contributed by atoms with Gasteiger partial charge in [0.25, 0.3) is 5.91 Å². The summed E-state index contributed by atoms with van der Waals surface area (Å²) in [7, 11) is 0. The van der Waals surface area contributed by atoms with E-state index < -0.39 is 16.5 Å². The molecule has 1 amide bonds. The van der Waals surface area contributed by atoms with E-state index in [4.69, 9.17) is 28.0 Å². The SMILES string of the molecule is CC1NN(C(C)O)C(=O)C1=NOCC1CC1(Cl)Cl. The van der Waals surface area contributed by atoms with Gasteiger partial charge >= 0.3 is 0 Å². The van der Waals surface area contributed by atoms with Gasteiger partial charge in [-0.2, -0.15) is 0 Å². The first-order valence-electron chi connectivity index (χ1n) is 5.68. The number of aliphatic hydroxyl groups is 1. The third-order valence-electron chi connectivity index (χ3n) is 2.95. The summed E-state index contributed by atoms with van der Waals surface area (Å²) in [5.74, 6) is -0.339. The minimum Gasteiger partial charge on any atom is -0.395 e. The molecule has 0 spiro atoms. The molecule has 3 unspecified atom stereocenters. The number of oxime groups is 1. The van der Waals surface area contributed by atoms with Crippen molar-refractivity contribution in [2.24, 2.45) is 11.1 Å². The van der Waals surface area contributed by atoms with E-state index in [0.29, 0.717) is 6.42 Å². The zero-order valence-electron chi connectivity index (χ0n) is 10.1. The summed E-state index contributed by atoms with van der Waals surface area (Å²) in [5, 5.41) is 14.3. The Kier molecular flexibility index (Phi) is 3.73. The van der Waals surface area contributed by atoms with Crippen LogP contribution < -0.4 is 5.43 Å².